The summed E-state index contributed by atoms with van der Waals surface area (Å²) in [4.78, 5) is 22.6. The lowest BCUT2D eigenvalue weighted by Crippen LogP contribution is -2.49. The van der Waals surface area contributed by atoms with Crippen molar-refractivity contribution in [2.24, 2.45) is 5.41 Å². The van der Waals surface area contributed by atoms with Crippen molar-refractivity contribution in [3.63, 3.8) is 0 Å². The Kier molecular flexibility index (Phi) is 7.27. The fourth-order valence-electron chi connectivity index (χ4n) is 1.26. The summed E-state index contributed by atoms with van der Waals surface area (Å²) < 4.78 is 0. The maximum Gasteiger partial charge on any atom is 0.326 e. The summed E-state index contributed by atoms with van der Waals surface area (Å²) in [5, 5.41) is 11.6. The number of hydrogen-bond donors (Lipinski definition) is 2. The lowest BCUT2D eigenvalue weighted by atomic mass is 9.87. The molecule has 0 aromatic heterocycles. The summed E-state index contributed by atoms with van der Waals surface area (Å²) in [5.74, 6) is 0.0923. The Balaban J connectivity index is 4.11. The standard InChI is InChI=1S/C12H23NO3S/c1-5-6-7-17-8-9(14)13-10(11(15)16)12(2,3)4/h10H,5-8H2,1-4H3,(H,13,14)(H,15,16). The number of carbonyl (C=O) groups is 2. The molecule has 0 aliphatic heterocycles. The van der Waals surface area contributed by atoms with Crippen LogP contribution < -0.4 is 5.32 Å². The number of thioether (sulfide) groups is 1. The van der Waals surface area contributed by atoms with Gasteiger partial charge in [0.15, 0.2) is 0 Å². The van der Waals surface area contributed by atoms with Crippen molar-refractivity contribution in [2.75, 3.05) is 11.5 Å². The van der Waals surface area contributed by atoms with Crippen LogP contribution in [0.25, 0.3) is 0 Å². The van der Waals surface area contributed by atoms with Gasteiger partial charge in [0.2, 0.25) is 5.91 Å². The zero-order valence-corrected chi connectivity index (χ0v) is 11.9. The Morgan fingerprint density at radius 2 is 1.94 bits per heavy atom. The Morgan fingerprint density at radius 3 is 2.35 bits per heavy atom. The van der Waals surface area contributed by atoms with Gasteiger partial charge in [0.1, 0.15) is 6.04 Å². The minimum absolute atomic E-state index is 0.201. The predicted molar refractivity (Wildman–Crippen MR) is 71.3 cm³/mol. The van der Waals surface area contributed by atoms with Gasteiger partial charge < -0.3 is 10.4 Å². The number of unbranched alkanes of at least 4 members (excludes halogenated alkanes) is 1. The van der Waals surface area contributed by atoms with Crippen molar-refractivity contribution in [1.29, 1.82) is 0 Å². The number of amides is 1. The highest BCUT2D eigenvalue weighted by Crippen LogP contribution is 2.19. The van der Waals surface area contributed by atoms with Gasteiger partial charge in [-0.3, -0.25) is 4.79 Å². The molecule has 2 N–H and O–H groups in total. The monoisotopic (exact) mass is 261 g/mol. The lowest BCUT2D eigenvalue weighted by molar-refractivity contribution is -0.144. The normalized spacial score (nSPS) is 13.2. The zero-order chi connectivity index (χ0) is 13.5. The molecule has 4 nitrogen and oxygen atoms in total. The average molecular weight is 261 g/mol. The van der Waals surface area contributed by atoms with Crippen molar-refractivity contribution >= 4 is 23.6 Å². The molecule has 17 heavy (non-hydrogen) atoms. The quantitative estimate of drug-likeness (QED) is 0.689. The lowest BCUT2D eigenvalue weighted by Gasteiger charge is -2.27. The van der Waals surface area contributed by atoms with Crippen molar-refractivity contribution < 1.29 is 14.7 Å². The fraction of sp³-hybridized carbons (Fsp3) is 0.833. The molecule has 1 amide bonds. The molecule has 1 unspecified atom stereocenters. The number of nitrogens with one attached hydrogen (secondary N) is 1. The van der Waals surface area contributed by atoms with Crippen LogP contribution in [-0.4, -0.2) is 34.5 Å². The van der Waals surface area contributed by atoms with Crippen LogP contribution in [0.5, 0.6) is 0 Å². The first-order chi connectivity index (χ1) is 7.79. The van der Waals surface area contributed by atoms with Crippen LogP contribution in [-0.2, 0) is 9.59 Å². The average Bonchev–Trinajstić information content (AvgIpc) is 2.19. The van der Waals surface area contributed by atoms with Crippen LogP contribution in [0.1, 0.15) is 40.5 Å². The summed E-state index contributed by atoms with van der Waals surface area (Å²) in [6.45, 7) is 7.50. The van der Waals surface area contributed by atoms with Gasteiger partial charge in [-0.2, -0.15) is 11.8 Å². The van der Waals surface area contributed by atoms with E-state index in [4.69, 9.17) is 5.11 Å². The van der Waals surface area contributed by atoms with E-state index in [1.54, 1.807) is 32.5 Å². The SMILES string of the molecule is CCCCSCC(=O)NC(C(=O)O)C(C)(C)C. The third-order valence-corrected chi connectivity index (χ3v) is 3.34. The van der Waals surface area contributed by atoms with Gasteiger partial charge in [0, 0.05) is 0 Å². The molecule has 0 saturated carbocycles. The maximum atomic E-state index is 11.6. The summed E-state index contributed by atoms with van der Waals surface area (Å²) in [6.07, 6.45) is 2.19. The number of carboxylic acid groups (broad SMARTS) is 1. The third-order valence-electron chi connectivity index (χ3n) is 2.29. The van der Waals surface area contributed by atoms with E-state index in [1.165, 1.54) is 0 Å². The topological polar surface area (TPSA) is 66.4 Å². The highest BCUT2D eigenvalue weighted by Gasteiger charge is 2.32. The zero-order valence-electron chi connectivity index (χ0n) is 11.1. The second-order valence-electron chi connectivity index (χ2n) is 5.11. The first-order valence-corrected chi connectivity index (χ1v) is 7.04. The van der Waals surface area contributed by atoms with E-state index in [-0.39, 0.29) is 5.91 Å². The molecule has 0 aromatic rings. The molecular weight excluding hydrogens is 238 g/mol. The van der Waals surface area contributed by atoms with E-state index in [2.05, 4.69) is 12.2 Å². The Labute approximate surface area is 108 Å². The Hall–Kier alpha value is -0.710. The molecule has 100 valence electrons. The van der Waals surface area contributed by atoms with E-state index < -0.39 is 17.4 Å². The van der Waals surface area contributed by atoms with E-state index in [9.17, 15) is 9.59 Å². The highest BCUT2D eigenvalue weighted by molar-refractivity contribution is 7.99. The van der Waals surface area contributed by atoms with Gasteiger partial charge in [-0.1, -0.05) is 34.1 Å². The van der Waals surface area contributed by atoms with Crippen molar-refractivity contribution in [2.45, 2.75) is 46.6 Å². The first-order valence-electron chi connectivity index (χ1n) is 5.89. The van der Waals surface area contributed by atoms with Gasteiger partial charge in [-0.25, -0.2) is 4.79 Å². The Bertz CT molecular complexity index is 261. The van der Waals surface area contributed by atoms with E-state index >= 15 is 0 Å². The molecule has 0 fully saturated rings. The number of hydrogen-bond acceptors (Lipinski definition) is 3. The van der Waals surface area contributed by atoms with Crippen LogP contribution >= 0.6 is 11.8 Å². The molecule has 5 heteroatoms. The molecule has 0 aliphatic carbocycles. The smallest absolute Gasteiger partial charge is 0.326 e. The van der Waals surface area contributed by atoms with Gasteiger partial charge in [-0.05, 0) is 17.6 Å². The molecule has 1 atom stereocenters. The second-order valence-corrected chi connectivity index (χ2v) is 6.22. The van der Waals surface area contributed by atoms with Crippen LogP contribution in [0.4, 0.5) is 0 Å². The fourth-order valence-corrected chi connectivity index (χ4v) is 2.17. The highest BCUT2D eigenvalue weighted by atomic mass is 32.2. The molecule has 0 heterocycles. The summed E-state index contributed by atoms with van der Waals surface area (Å²) in [7, 11) is 0. The van der Waals surface area contributed by atoms with E-state index in [0.717, 1.165) is 18.6 Å². The van der Waals surface area contributed by atoms with Gasteiger partial charge in [0.25, 0.3) is 0 Å². The number of carbonyl (C=O) groups excluding carboxylic acids is 1. The van der Waals surface area contributed by atoms with E-state index in [1.807, 2.05) is 0 Å². The van der Waals surface area contributed by atoms with E-state index in [0.29, 0.717) is 5.75 Å². The van der Waals surface area contributed by atoms with Gasteiger partial charge in [0.05, 0.1) is 5.75 Å². The van der Waals surface area contributed by atoms with Crippen LogP contribution in [0.15, 0.2) is 0 Å². The molecular formula is C12H23NO3S. The van der Waals surface area contributed by atoms with Gasteiger partial charge >= 0.3 is 5.97 Å². The molecule has 0 radical (unpaired) electrons. The molecule has 0 bridgehead atoms. The minimum Gasteiger partial charge on any atom is -0.480 e. The summed E-state index contributed by atoms with van der Waals surface area (Å²) >= 11 is 1.55. The maximum absolute atomic E-state index is 11.6. The summed E-state index contributed by atoms with van der Waals surface area (Å²) in [5.41, 5.74) is -0.477. The van der Waals surface area contributed by atoms with Crippen molar-refractivity contribution in [1.82, 2.24) is 5.32 Å². The first kappa shape index (κ1) is 16.3. The second kappa shape index (κ2) is 7.58. The largest absolute Gasteiger partial charge is 0.480 e. The van der Waals surface area contributed by atoms with Crippen LogP contribution in [0, 0.1) is 5.41 Å². The third kappa shape index (κ3) is 7.26. The molecule has 0 spiro atoms. The molecule has 0 aromatic carbocycles. The van der Waals surface area contributed by atoms with Gasteiger partial charge in [-0.15, -0.1) is 0 Å². The van der Waals surface area contributed by atoms with Crippen LogP contribution in [0.2, 0.25) is 0 Å². The summed E-state index contributed by atoms with van der Waals surface area (Å²) in [6, 6.07) is -0.832. The van der Waals surface area contributed by atoms with Crippen molar-refractivity contribution in [3.8, 4) is 0 Å². The molecule has 0 saturated heterocycles. The number of carboxylic acids is 1. The Morgan fingerprint density at radius 1 is 1.35 bits per heavy atom. The number of aliphatic carboxylic acids is 1. The molecule has 0 aliphatic rings. The predicted octanol–water partition coefficient (Wildman–Crippen LogP) is 2.14. The molecule has 0 rings (SSSR count). The van der Waals surface area contributed by atoms with Crippen molar-refractivity contribution in [3.05, 3.63) is 0 Å². The number of rotatable bonds is 7. The van der Waals surface area contributed by atoms with Crippen LogP contribution in [0.3, 0.4) is 0 Å². The minimum atomic E-state index is -0.982.